The Kier molecular flexibility index (Phi) is 2.46. The summed E-state index contributed by atoms with van der Waals surface area (Å²) in [7, 11) is 0. The van der Waals surface area contributed by atoms with E-state index in [9.17, 15) is 9.18 Å². The van der Waals surface area contributed by atoms with Crippen molar-refractivity contribution in [1.29, 1.82) is 0 Å². The van der Waals surface area contributed by atoms with Crippen molar-refractivity contribution in [3.05, 3.63) is 46.7 Å². The third-order valence-corrected chi connectivity index (χ3v) is 4.70. The Morgan fingerprint density at radius 1 is 1.40 bits per heavy atom. The molecule has 102 valence electrons. The molecule has 0 bridgehead atoms. The topological polar surface area (TPSA) is 42.2 Å². The molecule has 0 N–H and O–H groups in total. The summed E-state index contributed by atoms with van der Waals surface area (Å²) < 4.78 is 18.7. The molecule has 2 fully saturated rings. The van der Waals surface area contributed by atoms with Crippen LogP contribution in [0.4, 0.5) is 9.52 Å². The lowest BCUT2D eigenvalue weighted by Gasteiger charge is -2.23. The number of thiazole rings is 1. The van der Waals surface area contributed by atoms with Crippen molar-refractivity contribution >= 4 is 22.4 Å². The zero-order valence-electron chi connectivity index (χ0n) is 10.5. The summed E-state index contributed by atoms with van der Waals surface area (Å²) in [6, 6.07) is 6.70. The maximum atomic E-state index is 13.6. The number of nitrogens with zero attached hydrogens (tertiary/aromatic N) is 2. The lowest BCUT2D eigenvalue weighted by molar-refractivity contribution is -0.117. The van der Waals surface area contributed by atoms with Crippen molar-refractivity contribution < 1.29 is 13.9 Å². The van der Waals surface area contributed by atoms with Crippen LogP contribution in [0.25, 0.3) is 0 Å². The van der Waals surface area contributed by atoms with E-state index in [1.807, 2.05) is 6.07 Å². The fourth-order valence-electron chi connectivity index (χ4n) is 2.42. The number of aromatic nitrogens is 1. The van der Waals surface area contributed by atoms with Gasteiger partial charge in [-0.25, -0.2) is 9.37 Å². The lowest BCUT2D eigenvalue weighted by Crippen LogP contribution is -2.42. The maximum absolute atomic E-state index is 13.6. The van der Waals surface area contributed by atoms with Gasteiger partial charge in [0.1, 0.15) is 5.82 Å². The van der Waals surface area contributed by atoms with E-state index in [0.717, 1.165) is 4.88 Å². The fraction of sp³-hybridized carbons (Fsp3) is 0.286. The molecule has 20 heavy (non-hydrogen) atoms. The largest absolute Gasteiger partial charge is 0.375 e. The van der Waals surface area contributed by atoms with Crippen LogP contribution < -0.4 is 4.90 Å². The first-order valence-corrected chi connectivity index (χ1v) is 7.13. The normalized spacial score (nSPS) is 19.2. The third-order valence-electron chi connectivity index (χ3n) is 3.72. The van der Waals surface area contributed by atoms with E-state index in [0.29, 0.717) is 30.3 Å². The molecule has 1 amide bonds. The van der Waals surface area contributed by atoms with Gasteiger partial charge in [-0.1, -0.05) is 18.2 Å². The van der Waals surface area contributed by atoms with Crippen molar-refractivity contribution in [1.82, 2.24) is 4.98 Å². The predicted molar refractivity (Wildman–Crippen MR) is 72.4 cm³/mol. The molecule has 0 unspecified atom stereocenters. The van der Waals surface area contributed by atoms with Crippen LogP contribution in [0.3, 0.4) is 0 Å². The minimum atomic E-state index is -0.437. The Morgan fingerprint density at radius 3 is 2.85 bits per heavy atom. The molecule has 0 radical (unpaired) electrons. The van der Waals surface area contributed by atoms with E-state index < -0.39 is 5.54 Å². The third kappa shape index (κ3) is 1.61. The van der Waals surface area contributed by atoms with Crippen LogP contribution in [-0.2, 0) is 16.0 Å². The van der Waals surface area contributed by atoms with Crippen molar-refractivity contribution in [2.75, 3.05) is 18.1 Å². The Labute approximate surface area is 118 Å². The second-order valence-corrected chi connectivity index (χ2v) is 6.14. The van der Waals surface area contributed by atoms with E-state index in [-0.39, 0.29) is 11.7 Å². The molecule has 1 spiro atoms. The Morgan fingerprint density at radius 2 is 2.20 bits per heavy atom. The SMILES string of the molecule is O=C1N(c2ncc(Cc3ccccc3F)s2)C12COC2. The van der Waals surface area contributed by atoms with Crippen LogP contribution in [-0.4, -0.2) is 29.6 Å². The molecular formula is C14H11FN2O2S. The average molecular weight is 290 g/mol. The van der Waals surface area contributed by atoms with Gasteiger partial charge in [0, 0.05) is 17.5 Å². The van der Waals surface area contributed by atoms with E-state index in [2.05, 4.69) is 4.98 Å². The van der Waals surface area contributed by atoms with Crippen LogP contribution >= 0.6 is 11.3 Å². The number of anilines is 1. The first-order chi connectivity index (χ1) is 9.71. The number of hydrogen-bond acceptors (Lipinski definition) is 4. The quantitative estimate of drug-likeness (QED) is 0.812. The highest BCUT2D eigenvalue weighted by molar-refractivity contribution is 7.16. The average Bonchev–Trinajstić information content (AvgIpc) is 2.79. The van der Waals surface area contributed by atoms with Crippen molar-refractivity contribution in [3.8, 4) is 0 Å². The molecule has 4 rings (SSSR count). The maximum Gasteiger partial charge on any atom is 0.261 e. The van der Waals surface area contributed by atoms with E-state index >= 15 is 0 Å². The summed E-state index contributed by atoms with van der Waals surface area (Å²) in [6.45, 7) is 0.905. The molecule has 2 aliphatic rings. The molecular weight excluding hydrogens is 279 g/mol. The summed E-state index contributed by atoms with van der Waals surface area (Å²) in [4.78, 5) is 18.7. The number of rotatable bonds is 3. The van der Waals surface area contributed by atoms with Crippen molar-refractivity contribution in [2.24, 2.45) is 0 Å². The van der Waals surface area contributed by atoms with Crippen molar-refractivity contribution in [2.45, 2.75) is 12.0 Å². The van der Waals surface area contributed by atoms with Gasteiger partial charge >= 0.3 is 0 Å². The first kappa shape index (κ1) is 12.0. The number of halogens is 1. The van der Waals surface area contributed by atoms with Gasteiger partial charge in [0.05, 0.1) is 13.2 Å². The highest BCUT2D eigenvalue weighted by Gasteiger charge is 2.69. The van der Waals surface area contributed by atoms with Gasteiger partial charge in [-0.2, -0.15) is 0 Å². The highest BCUT2D eigenvalue weighted by Crippen LogP contribution is 2.46. The van der Waals surface area contributed by atoms with E-state index in [1.165, 1.54) is 17.4 Å². The van der Waals surface area contributed by atoms with Gasteiger partial charge < -0.3 is 4.74 Å². The van der Waals surface area contributed by atoms with E-state index in [4.69, 9.17) is 4.74 Å². The highest BCUT2D eigenvalue weighted by atomic mass is 32.1. The smallest absolute Gasteiger partial charge is 0.261 e. The molecule has 0 atom stereocenters. The predicted octanol–water partition coefficient (Wildman–Crippen LogP) is 1.99. The summed E-state index contributed by atoms with van der Waals surface area (Å²) in [5, 5.41) is 0.685. The molecule has 2 saturated heterocycles. The number of carbonyl (C=O) groups is 1. The van der Waals surface area contributed by atoms with Gasteiger partial charge in [-0.05, 0) is 11.6 Å². The molecule has 3 heterocycles. The van der Waals surface area contributed by atoms with E-state index in [1.54, 1.807) is 23.2 Å². The van der Waals surface area contributed by atoms with Gasteiger partial charge in [-0.15, -0.1) is 11.3 Å². The van der Waals surface area contributed by atoms with Gasteiger partial charge in [0.2, 0.25) is 0 Å². The Bertz CT molecular complexity index is 696. The number of carbonyl (C=O) groups excluding carboxylic acids is 1. The molecule has 4 nitrogen and oxygen atoms in total. The molecule has 0 aliphatic carbocycles. The van der Waals surface area contributed by atoms with Gasteiger partial charge in [-0.3, -0.25) is 9.69 Å². The number of benzene rings is 1. The zero-order chi connectivity index (χ0) is 13.7. The zero-order valence-corrected chi connectivity index (χ0v) is 11.3. The lowest BCUT2D eigenvalue weighted by atomic mass is 10.1. The van der Waals surface area contributed by atoms with Crippen LogP contribution in [0.2, 0.25) is 0 Å². The molecule has 6 heteroatoms. The monoisotopic (exact) mass is 290 g/mol. The number of ether oxygens (including phenoxy) is 1. The molecule has 2 aliphatic heterocycles. The second-order valence-electron chi connectivity index (χ2n) is 5.04. The number of amides is 1. The molecule has 1 aromatic heterocycles. The standard InChI is InChI=1S/C14H11FN2O2S/c15-11-4-2-1-3-9(11)5-10-6-16-13(20-10)17-12(18)14(17)7-19-8-14/h1-4,6H,5,7-8H2. The second kappa shape index (κ2) is 4.10. The summed E-state index contributed by atoms with van der Waals surface area (Å²) >= 11 is 1.43. The first-order valence-electron chi connectivity index (χ1n) is 6.31. The summed E-state index contributed by atoms with van der Waals surface area (Å²) in [6.07, 6.45) is 2.21. The molecule has 0 saturated carbocycles. The van der Waals surface area contributed by atoms with Crippen LogP contribution in [0.1, 0.15) is 10.4 Å². The van der Waals surface area contributed by atoms with Crippen LogP contribution in [0.5, 0.6) is 0 Å². The van der Waals surface area contributed by atoms with Gasteiger partial charge in [0.15, 0.2) is 10.7 Å². The van der Waals surface area contributed by atoms with Gasteiger partial charge in [0.25, 0.3) is 5.91 Å². The Balaban J connectivity index is 1.55. The van der Waals surface area contributed by atoms with Crippen LogP contribution in [0.15, 0.2) is 30.5 Å². The van der Waals surface area contributed by atoms with Crippen molar-refractivity contribution in [3.63, 3.8) is 0 Å². The summed E-state index contributed by atoms with van der Waals surface area (Å²) in [5.74, 6) is -0.135. The Hall–Kier alpha value is -1.79. The molecule has 1 aromatic carbocycles. The minimum absolute atomic E-state index is 0.0792. The fourth-order valence-corrected chi connectivity index (χ4v) is 3.44. The number of hydrogen-bond donors (Lipinski definition) is 0. The van der Waals surface area contributed by atoms with Crippen LogP contribution in [0, 0.1) is 5.82 Å². The summed E-state index contributed by atoms with van der Waals surface area (Å²) in [5.41, 5.74) is 0.203. The minimum Gasteiger partial charge on any atom is -0.375 e. The molecule has 2 aromatic rings.